The third kappa shape index (κ3) is 5.40. The summed E-state index contributed by atoms with van der Waals surface area (Å²) in [5, 5.41) is 0. The van der Waals surface area contributed by atoms with Crippen molar-refractivity contribution in [3.05, 3.63) is 36.2 Å². The fourth-order valence-corrected chi connectivity index (χ4v) is 2.41. The molecule has 4 nitrogen and oxygen atoms in total. The first-order chi connectivity index (χ1) is 10.3. The van der Waals surface area contributed by atoms with E-state index in [0.29, 0.717) is 0 Å². The predicted molar refractivity (Wildman–Crippen MR) is 87.5 cm³/mol. The SMILES string of the molecule is C/C=C(\N=CC(C)OCCN1CCCC1)c1ccccn1. The van der Waals surface area contributed by atoms with Gasteiger partial charge in [-0.3, -0.25) is 9.98 Å². The first kappa shape index (κ1) is 15.9. The molecule has 2 rings (SSSR count). The zero-order valence-corrected chi connectivity index (χ0v) is 13.0. The lowest BCUT2D eigenvalue weighted by Crippen LogP contribution is -2.26. The highest BCUT2D eigenvalue weighted by Gasteiger charge is 2.11. The maximum Gasteiger partial charge on any atom is 0.0898 e. The minimum absolute atomic E-state index is 0.0197. The number of likely N-dealkylation sites (tertiary alicyclic amines) is 1. The Morgan fingerprint density at radius 3 is 2.90 bits per heavy atom. The Kier molecular flexibility index (Phi) is 6.57. The maximum absolute atomic E-state index is 5.80. The second kappa shape index (κ2) is 8.70. The van der Waals surface area contributed by atoms with Crippen molar-refractivity contribution in [2.45, 2.75) is 32.8 Å². The Labute approximate surface area is 127 Å². The standard InChI is InChI=1S/C17H25N3O/c1-3-16(17-8-4-5-9-18-17)19-14-15(2)21-13-12-20-10-6-7-11-20/h3-5,8-9,14-15H,6-7,10-13H2,1-2H3/b16-3-,19-14?. The van der Waals surface area contributed by atoms with Crippen LogP contribution < -0.4 is 0 Å². The molecule has 21 heavy (non-hydrogen) atoms. The third-order valence-corrected chi connectivity index (χ3v) is 3.61. The van der Waals surface area contributed by atoms with Crippen LogP contribution in [0.2, 0.25) is 0 Å². The number of hydrogen-bond donors (Lipinski definition) is 0. The number of allylic oxidation sites excluding steroid dienone is 1. The quantitative estimate of drug-likeness (QED) is 0.723. The van der Waals surface area contributed by atoms with Crippen molar-refractivity contribution in [2.24, 2.45) is 4.99 Å². The zero-order chi connectivity index (χ0) is 14.9. The molecule has 1 unspecified atom stereocenters. The Bertz CT molecular complexity index is 464. The van der Waals surface area contributed by atoms with E-state index in [1.165, 1.54) is 25.9 Å². The summed E-state index contributed by atoms with van der Waals surface area (Å²) >= 11 is 0. The molecular weight excluding hydrogens is 262 g/mol. The first-order valence-corrected chi connectivity index (χ1v) is 7.75. The zero-order valence-electron chi connectivity index (χ0n) is 13.0. The molecule has 1 atom stereocenters. The molecule has 0 N–H and O–H groups in total. The summed E-state index contributed by atoms with van der Waals surface area (Å²) in [5.41, 5.74) is 1.77. The van der Waals surface area contributed by atoms with Crippen LogP contribution >= 0.6 is 0 Å². The van der Waals surface area contributed by atoms with E-state index in [4.69, 9.17) is 4.74 Å². The highest BCUT2D eigenvalue weighted by atomic mass is 16.5. The Hall–Kier alpha value is -1.52. The largest absolute Gasteiger partial charge is 0.372 e. The molecule has 4 heteroatoms. The fraction of sp³-hybridized carbons (Fsp3) is 0.529. The molecule has 114 valence electrons. The van der Waals surface area contributed by atoms with Gasteiger partial charge in [-0.15, -0.1) is 0 Å². The van der Waals surface area contributed by atoms with Gasteiger partial charge in [0.25, 0.3) is 0 Å². The van der Waals surface area contributed by atoms with Crippen molar-refractivity contribution in [3.8, 4) is 0 Å². The molecule has 0 saturated carbocycles. The molecule has 0 spiro atoms. The lowest BCUT2D eigenvalue weighted by molar-refractivity contribution is 0.0927. The summed E-state index contributed by atoms with van der Waals surface area (Å²) in [6.07, 6.45) is 8.28. The number of pyridine rings is 1. The van der Waals surface area contributed by atoms with Gasteiger partial charge >= 0.3 is 0 Å². The molecule has 1 aliphatic heterocycles. The van der Waals surface area contributed by atoms with Crippen molar-refractivity contribution < 1.29 is 4.74 Å². The van der Waals surface area contributed by atoms with E-state index < -0.39 is 0 Å². The summed E-state index contributed by atoms with van der Waals surface area (Å²) in [4.78, 5) is 11.3. The topological polar surface area (TPSA) is 37.7 Å². The molecular formula is C17H25N3O. The number of nitrogens with zero attached hydrogens (tertiary/aromatic N) is 3. The second-order valence-electron chi connectivity index (χ2n) is 5.29. The summed E-state index contributed by atoms with van der Waals surface area (Å²) < 4.78 is 5.80. The number of aliphatic imine (C=N–C) groups is 1. The van der Waals surface area contributed by atoms with Gasteiger partial charge in [-0.1, -0.05) is 12.1 Å². The fourth-order valence-electron chi connectivity index (χ4n) is 2.41. The van der Waals surface area contributed by atoms with Crippen LogP contribution in [0, 0.1) is 0 Å². The smallest absolute Gasteiger partial charge is 0.0898 e. The van der Waals surface area contributed by atoms with E-state index in [1.54, 1.807) is 6.20 Å². The lowest BCUT2D eigenvalue weighted by atomic mass is 10.2. The lowest BCUT2D eigenvalue weighted by Gasteiger charge is -2.15. The van der Waals surface area contributed by atoms with Gasteiger partial charge in [0, 0.05) is 19.0 Å². The Morgan fingerprint density at radius 2 is 2.24 bits per heavy atom. The van der Waals surface area contributed by atoms with Crippen LogP contribution in [0.25, 0.3) is 5.70 Å². The van der Waals surface area contributed by atoms with Gasteiger partial charge < -0.3 is 9.64 Å². The molecule has 1 aromatic rings. The highest BCUT2D eigenvalue weighted by Crippen LogP contribution is 2.12. The van der Waals surface area contributed by atoms with E-state index >= 15 is 0 Å². The average molecular weight is 287 g/mol. The van der Waals surface area contributed by atoms with Crippen molar-refractivity contribution in [3.63, 3.8) is 0 Å². The molecule has 0 radical (unpaired) electrons. The van der Waals surface area contributed by atoms with Gasteiger partial charge in [0.15, 0.2) is 0 Å². The second-order valence-corrected chi connectivity index (χ2v) is 5.29. The van der Waals surface area contributed by atoms with Gasteiger partial charge in [0.1, 0.15) is 0 Å². The number of rotatable bonds is 7. The minimum Gasteiger partial charge on any atom is -0.372 e. The van der Waals surface area contributed by atoms with Crippen molar-refractivity contribution >= 4 is 11.9 Å². The maximum atomic E-state index is 5.80. The molecule has 1 fully saturated rings. The molecule has 2 heterocycles. The van der Waals surface area contributed by atoms with Crippen molar-refractivity contribution in [1.82, 2.24) is 9.88 Å². The average Bonchev–Trinajstić information content (AvgIpc) is 3.02. The number of hydrogen-bond acceptors (Lipinski definition) is 4. The van der Waals surface area contributed by atoms with Crippen LogP contribution in [0.1, 0.15) is 32.4 Å². The van der Waals surface area contributed by atoms with E-state index in [2.05, 4.69) is 14.9 Å². The normalized spacial score (nSPS) is 18.5. The summed E-state index contributed by atoms with van der Waals surface area (Å²) in [7, 11) is 0. The summed E-state index contributed by atoms with van der Waals surface area (Å²) in [6.45, 7) is 8.22. The van der Waals surface area contributed by atoms with E-state index in [-0.39, 0.29) is 6.10 Å². The molecule has 1 saturated heterocycles. The van der Waals surface area contributed by atoms with Crippen molar-refractivity contribution in [2.75, 3.05) is 26.2 Å². The van der Waals surface area contributed by atoms with Crippen LogP contribution in [0.3, 0.4) is 0 Å². The van der Waals surface area contributed by atoms with Gasteiger partial charge in [0.05, 0.1) is 24.1 Å². The Balaban J connectivity index is 1.76. The monoisotopic (exact) mass is 287 g/mol. The van der Waals surface area contributed by atoms with Crippen LogP contribution in [-0.2, 0) is 4.74 Å². The van der Waals surface area contributed by atoms with Crippen molar-refractivity contribution in [1.29, 1.82) is 0 Å². The molecule has 0 aromatic carbocycles. The summed E-state index contributed by atoms with van der Waals surface area (Å²) in [5.74, 6) is 0. The number of ether oxygens (including phenoxy) is 1. The predicted octanol–water partition coefficient (Wildman–Crippen LogP) is 3.01. The van der Waals surface area contributed by atoms with Crippen LogP contribution in [-0.4, -0.2) is 48.4 Å². The van der Waals surface area contributed by atoms with Gasteiger partial charge in [-0.05, 0) is 51.9 Å². The Morgan fingerprint density at radius 1 is 1.43 bits per heavy atom. The van der Waals surface area contributed by atoms with Gasteiger partial charge in [-0.2, -0.15) is 0 Å². The third-order valence-electron chi connectivity index (χ3n) is 3.61. The van der Waals surface area contributed by atoms with Gasteiger partial charge in [-0.25, -0.2) is 0 Å². The highest BCUT2D eigenvalue weighted by molar-refractivity contribution is 5.74. The van der Waals surface area contributed by atoms with E-state index in [9.17, 15) is 0 Å². The minimum atomic E-state index is 0.0197. The first-order valence-electron chi connectivity index (χ1n) is 7.75. The molecule has 1 aliphatic rings. The molecule has 0 aliphatic carbocycles. The van der Waals surface area contributed by atoms with E-state index in [1.807, 2.05) is 44.3 Å². The number of aromatic nitrogens is 1. The molecule has 1 aromatic heterocycles. The van der Waals surface area contributed by atoms with Crippen LogP contribution in [0.4, 0.5) is 0 Å². The van der Waals surface area contributed by atoms with Gasteiger partial charge in [0.2, 0.25) is 0 Å². The molecule has 0 amide bonds. The van der Waals surface area contributed by atoms with Crippen LogP contribution in [0.5, 0.6) is 0 Å². The summed E-state index contributed by atoms with van der Waals surface area (Å²) in [6, 6.07) is 5.84. The van der Waals surface area contributed by atoms with E-state index in [0.717, 1.165) is 24.5 Å². The molecule has 0 bridgehead atoms. The van der Waals surface area contributed by atoms with Crippen LogP contribution in [0.15, 0.2) is 35.5 Å².